The van der Waals surface area contributed by atoms with Crippen LogP contribution in [0.5, 0.6) is 0 Å². The van der Waals surface area contributed by atoms with E-state index in [-0.39, 0.29) is 0 Å². The van der Waals surface area contributed by atoms with Crippen LogP contribution in [-0.4, -0.2) is 0 Å². The Bertz CT molecular complexity index is 2350. The molecule has 0 bridgehead atoms. The zero-order valence-electron chi connectivity index (χ0n) is 102. The Hall–Kier alpha value is 0. The fourth-order valence-corrected chi connectivity index (χ4v) is 22.8. The molecular weight excluding hydrogens is 1540 g/mol. The largest absolute Gasteiger partial charge is 0.0628 e. The Morgan fingerprint density at radius 3 is 0.484 bits per heavy atom. The van der Waals surface area contributed by atoms with Gasteiger partial charge >= 0.3 is 0 Å². The average molecular weight is 1810 g/mol. The van der Waals surface area contributed by atoms with Gasteiger partial charge in [0, 0.05) is 0 Å². The first-order valence-corrected chi connectivity index (χ1v) is 57.7. The van der Waals surface area contributed by atoms with E-state index in [0.29, 0.717) is 27.1 Å². The predicted octanol–water partition coefficient (Wildman–Crippen LogP) is 46.0. The average Bonchev–Trinajstić information content (AvgIpc) is 1.41. The standard InChI is InChI=1S/C12H24.3C11H22.3C11H24.3C10H20.2C10H22/c1-10(2)6-9-12(11(3)4)7-5-8-12;1-9(2)7-11(5-6-11)8-10(3)4;2*1-9(2)8-11(10(3)4)6-5-7-11;1-9(2)7-11(5,6)8-10(3)4;2*1-9(2)7-8-11(5,6)10(3)4;2*1-8(2)7-10(5-6-10)9(3)4;1-8(2)10(9(3)4)6-5-7-10;2*1-8(2)7-10(5,6)9(3)4/h10-11H,5-9H2,1-4H3;3*9-10H,5-8H2,1-4H3;3*9-10H,7-8H2,1-6H3;3*8-9H,5-7H2,1-4H3;2*8-9H,7H2,1-6H3. The summed E-state index contributed by atoms with van der Waals surface area (Å²) in [7, 11) is 0. The lowest BCUT2D eigenvalue weighted by Crippen LogP contribution is -2.39. The highest BCUT2D eigenvalue weighted by atomic mass is 14.5. The van der Waals surface area contributed by atoms with Gasteiger partial charge in [0.1, 0.15) is 0 Å². The minimum atomic E-state index is 0.522. The summed E-state index contributed by atoms with van der Waals surface area (Å²) < 4.78 is 0. The number of hydrogen-bond donors (Lipinski definition) is 0. The van der Waals surface area contributed by atoms with Gasteiger partial charge in [-0.25, -0.2) is 0 Å². The Morgan fingerprint density at radius 2 is 0.383 bits per heavy atom. The van der Waals surface area contributed by atoms with Crippen LogP contribution in [0.1, 0.15) is 620 Å². The van der Waals surface area contributed by atoms with E-state index in [1.54, 1.807) is 0 Å². The second kappa shape index (κ2) is 63.6. The summed E-state index contributed by atoms with van der Waals surface area (Å²) in [5.74, 6) is 20.8. The molecule has 7 saturated carbocycles. The van der Waals surface area contributed by atoms with Gasteiger partial charge < -0.3 is 0 Å². The topological polar surface area (TPSA) is 0 Å². The van der Waals surface area contributed by atoms with Crippen molar-refractivity contribution in [3.63, 3.8) is 0 Å². The van der Waals surface area contributed by atoms with Crippen molar-refractivity contribution < 1.29 is 0 Å². The first-order chi connectivity index (χ1) is 57.7. The van der Waals surface area contributed by atoms with Gasteiger partial charge in [0.2, 0.25) is 0 Å². The molecule has 0 aromatic carbocycles. The molecule has 778 valence electrons. The van der Waals surface area contributed by atoms with Crippen LogP contribution < -0.4 is 0 Å². The van der Waals surface area contributed by atoms with E-state index in [1.165, 1.54) is 218 Å². The first kappa shape index (κ1) is 136. The zero-order chi connectivity index (χ0) is 102. The normalized spacial score (nSPS) is 18.4. The second-order valence-corrected chi connectivity index (χ2v) is 59.1. The smallest absolute Gasteiger partial charge is 0.0251 e. The highest BCUT2D eigenvalue weighted by molar-refractivity contribution is 4.99. The highest BCUT2D eigenvalue weighted by Gasteiger charge is 2.48. The molecule has 0 saturated heterocycles. The van der Waals surface area contributed by atoms with E-state index >= 15 is 0 Å². The summed E-state index contributed by atoms with van der Waals surface area (Å²) in [4.78, 5) is 0. The second-order valence-electron chi connectivity index (χ2n) is 59.1. The van der Waals surface area contributed by atoms with E-state index < -0.39 is 0 Å². The van der Waals surface area contributed by atoms with Gasteiger partial charge in [-0.15, -0.1) is 0 Å². The van der Waals surface area contributed by atoms with E-state index in [0.717, 1.165) is 180 Å². The summed E-state index contributed by atoms with van der Waals surface area (Å²) in [5.41, 5.74) is 7.95. The zero-order valence-corrected chi connectivity index (χ0v) is 102. The molecule has 0 aromatic rings. The highest BCUT2D eigenvalue weighted by Crippen LogP contribution is 2.59. The molecule has 0 heterocycles. The molecule has 7 fully saturated rings. The monoisotopic (exact) mass is 1800 g/mol. The van der Waals surface area contributed by atoms with E-state index in [9.17, 15) is 0 Å². The molecule has 7 aliphatic carbocycles. The number of rotatable bonds is 40. The van der Waals surface area contributed by atoms with Crippen molar-refractivity contribution in [1.29, 1.82) is 0 Å². The lowest BCUT2D eigenvalue weighted by atomic mass is 9.56. The minimum absolute atomic E-state index is 0.522. The van der Waals surface area contributed by atoms with Crippen LogP contribution in [0.4, 0.5) is 0 Å². The van der Waals surface area contributed by atoms with E-state index in [2.05, 4.69) is 402 Å². The molecule has 0 N–H and O–H groups in total. The molecule has 0 aliphatic heterocycles. The summed E-state index contributed by atoms with van der Waals surface area (Å²) in [6.07, 6.45) is 49.2. The number of hydrogen-bond acceptors (Lipinski definition) is 0. The lowest BCUT2D eigenvalue weighted by molar-refractivity contribution is 0.0135. The van der Waals surface area contributed by atoms with Gasteiger partial charge in [0.05, 0.1) is 0 Å². The van der Waals surface area contributed by atoms with Crippen molar-refractivity contribution in [1.82, 2.24) is 0 Å². The molecule has 0 aromatic heterocycles. The summed E-state index contributed by atoms with van der Waals surface area (Å²) >= 11 is 0. The quantitative estimate of drug-likeness (QED) is 0.0574. The summed E-state index contributed by atoms with van der Waals surface area (Å²) in [6.45, 7) is 136. The third-order valence-electron chi connectivity index (χ3n) is 35.4. The van der Waals surface area contributed by atoms with Crippen LogP contribution in [0.25, 0.3) is 0 Å². The van der Waals surface area contributed by atoms with Crippen molar-refractivity contribution in [3.8, 4) is 0 Å². The van der Waals surface area contributed by atoms with Crippen molar-refractivity contribution in [2.24, 2.45) is 207 Å². The lowest BCUT2D eigenvalue weighted by Gasteiger charge is -2.49. The maximum atomic E-state index is 2.40. The van der Waals surface area contributed by atoms with Crippen LogP contribution in [-0.2, 0) is 0 Å². The summed E-state index contributed by atoms with van der Waals surface area (Å²) in [6, 6.07) is 0. The molecule has 0 heteroatoms. The maximum absolute atomic E-state index is 2.40. The van der Waals surface area contributed by atoms with Gasteiger partial charge in [0.25, 0.3) is 0 Å². The van der Waals surface area contributed by atoms with Crippen LogP contribution in [0.2, 0.25) is 0 Å². The molecule has 128 heavy (non-hydrogen) atoms. The van der Waals surface area contributed by atoms with Gasteiger partial charge in [0.15, 0.2) is 0 Å². The Balaban J connectivity index is -0.000000430. The predicted molar refractivity (Wildman–Crippen MR) is 599 cm³/mol. The Morgan fingerprint density at radius 1 is 0.180 bits per heavy atom. The van der Waals surface area contributed by atoms with Gasteiger partial charge in [-0.05, 0) is 380 Å². The third kappa shape index (κ3) is 60.1. The molecular formula is C128H266. The van der Waals surface area contributed by atoms with Crippen LogP contribution in [0, 0.1) is 207 Å². The van der Waals surface area contributed by atoms with Crippen molar-refractivity contribution >= 4 is 0 Å². The van der Waals surface area contributed by atoms with Crippen molar-refractivity contribution in [2.75, 3.05) is 0 Å². The first-order valence-electron chi connectivity index (χ1n) is 57.7. The van der Waals surface area contributed by atoms with Gasteiger partial charge in [-0.2, -0.15) is 0 Å². The molecule has 7 rings (SSSR count). The molecule has 7 aliphatic rings. The Labute approximate surface area is 821 Å². The molecule has 0 nitrogen and oxygen atoms in total. The fourth-order valence-electron chi connectivity index (χ4n) is 22.8. The van der Waals surface area contributed by atoms with E-state index in [1.807, 2.05) is 0 Å². The molecule has 0 unspecified atom stereocenters. The Kier molecular flexibility index (Phi) is 67.8. The maximum Gasteiger partial charge on any atom is -0.0251 e. The molecule has 0 atom stereocenters. The third-order valence-corrected chi connectivity index (χ3v) is 35.4. The van der Waals surface area contributed by atoms with Crippen LogP contribution in [0.3, 0.4) is 0 Å². The SMILES string of the molecule is CC(C)C1(C(C)C)CCC1.CC(C)CC(C)(C)C(C)C.CC(C)CC(C)(C)C(C)C.CC(C)CC(C)(C)CC(C)C.CC(C)CC1(C(C)C)CC1.CC(C)CC1(C(C)C)CC1.CC(C)CC1(C(C)C)CCC1.CC(C)CC1(C(C)C)CCC1.CC(C)CC1(CC(C)C)CC1.CC(C)CCC(C)(C)C(C)C.CC(C)CCC(C)(C)C(C)C.CC(C)CCC1(C(C)C)CCC1. The van der Waals surface area contributed by atoms with Crippen molar-refractivity contribution in [2.45, 2.75) is 620 Å². The van der Waals surface area contributed by atoms with Crippen molar-refractivity contribution in [3.05, 3.63) is 0 Å². The van der Waals surface area contributed by atoms with Gasteiger partial charge in [-0.3, -0.25) is 0 Å². The van der Waals surface area contributed by atoms with E-state index in [4.69, 9.17) is 0 Å². The molecule has 0 spiro atoms. The molecule has 0 radical (unpaired) electrons. The summed E-state index contributed by atoms with van der Waals surface area (Å²) in [5, 5.41) is 0. The molecule has 0 amide bonds. The van der Waals surface area contributed by atoms with Crippen LogP contribution in [0.15, 0.2) is 0 Å². The van der Waals surface area contributed by atoms with Crippen LogP contribution >= 0.6 is 0 Å². The fraction of sp³-hybridized carbons (Fsp3) is 1.00. The minimum Gasteiger partial charge on any atom is -0.0628 e. The van der Waals surface area contributed by atoms with Gasteiger partial charge in [-0.1, -0.05) is 447 Å².